The predicted octanol–water partition coefficient (Wildman–Crippen LogP) is 4.55. The van der Waals surface area contributed by atoms with E-state index in [9.17, 15) is 14.0 Å². The molecule has 4 N–H and O–H groups in total. The van der Waals surface area contributed by atoms with Crippen LogP contribution in [-0.2, 0) is 9.59 Å². The monoisotopic (exact) mass is 430 g/mol. The average Bonchev–Trinajstić information content (AvgIpc) is 2.72. The maximum atomic E-state index is 13.0. The van der Waals surface area contributed by atoms with E-state index < -0.39 is 5.82 Å². The number of nitrogens with zero attached hydrogens (tertiary/aromatic N) is 1. The van der Waals surface area contributed by atoms with Crippen LogP contribution in [-0.4, -0.2) is 30.5 Å². The van der Waals surface area contributed by atoms with Gasteiger partial charge >= 0.3 is 0 Å². The van der Waals surface area contributed by atoms with Crippen LogP contribution in [0.25, 0.3) is 0 Å². The van der Waals surface area contributed by atoms with E-state index in [1.165, 1.54) is 11.6 Å². The van der Waals surface area contributed by atoms with Crippen LogP contribution in [0.4, 0.5) is 15.8 Å². The minimum Gasteiger partial charge on any atom is -0.398 e. The Morgan fingerprint density at radius 2 is 1.90 bits per heavy atom. The molecule has 0 saturated carbocycles. The fraction of sp³-hybridized carbons (Fsp3) is 0.227. The molecular formula is C22H24ClFN4O2. The zero-order valence-electron chi connectivity index (χ0n) is 17.0. The molecular weight excluding hydrogens is 407 g/mol. The zero-order chi connectivity index (χ0) is 22.4. The SMILES string of the molecule is CC1=C(C)N(C)C(=O)CC1c1ccc(Cl)cc1.N=Cc1cc(NC=O)c(F)cc1N. The Morgan fingerprint density at radius 1 is 1.27 bits per heavy atom. The minimum atomic E-state index is -0.616. The van der Waals surface area contributed by atoms with Crippen molar-refractivity contribution in [1.82, 2.24) is 4.90 Å². The van der Waals surface area contributed by atoms with Crippen LogP contribution in [0.15, 0.2) is 47.7 Å². The molecule has 1 aliphatic heterocycles. The topological polar surface area (TPSA) is 99.3 Å². The average molecular weight is 431 g/mol. The predicted molar refractivity (Wildman–Crippen MR) is 118 cm³/mol. The van der Waals surface area contributed by atoms with Gasteiger partial charge in [0, 0.05) is 47.6 Å². The molecule has 6 nitrogen and oxygen atoms in total. The van der Waals surface area contributed by atoms with Crippen molar-refractivity contribution in [2.75, 3.05) is 18.1 Å². The number of anilines is 2. The number of nitrogens with one attached hydrogen (secondary N) is 2. The molecule has 1 unspecified atom stereocenters. The van der Waals surface area contributed by atoms with Gasteiger partial charge in [0.1, 0.15) is 5.82 Å². The Balaban J connectivity index is 0.000000222. The second-order valence-electron chi connectivity index (χ2n) is 6.90. The van der Waals surface area contributed by atoms with Crippen molar-refractivity contribution >= 4 is 41.5 Å². The third-order valence-corrected chi connectivity index (χ3v) is 5.42. The fourth-order valence-electron chi connectivity index (χ4n) is 3.14. The first-order chi connectivity index (χ1) is 14.2. The highest BCUT2D eigenvalue weighted by molar-refractivity contribution is 6.30. The lowest BCUT2D eigenvalue weighted by Crippen LogP contribution is -2.32. The number of carbonyl (C=O) groups is 2. The first kappa shape index (κ1) is 23.1. The molecule has 3 rings (SSSR count). The molecule has 2 aromatic carbocycles. The molecule has 1 atom stereocenters. The van der Waals surface area contributed by atoms with Crippen LogP contribution in [0, 0.1) is 11.2 Å². The molecule has 0 radical (unpaired) electrons. The van der Waals surface area contributed by atoms with Crippen molar-refractivity contribution < 1.29 is 14.0 Å². The van der Waals surface area contributed by atoms with Gasteiger partial charge in [-0.05, 0) is 49.2 Å². The van der Waals surface area contributed by atoms with E-state index in [4.69, 9.17) is 22.7 Å². The first-order valence-corrected chi connectivity index (χ1v) is 9.56. The number of hydrogen-bond donors (Lipinski definition) is 3. The van der Waals surface area contributed by atoms with E-state index in [1.807, 2.05) is 38.2 Å². The van der Waals surface area contributed by atoms with Crippen molar-refractivity contribution in [3.8, 4) is 0 Å². The smallest absolute Gasteiger partial charge is 0.227 e. The van der Waals surface area contributed by atoms with E-state index in [0.717, 1.165) is 28.6 Å². The second kappa shape index (κ2) is 10.0. The number of hydrogen-bond acceptors (Lipinski definition) is 4. The Morgan fingerprint density at radius 3 is 2.47 bits per heavy atom. The summed E-state index contributed by atoms with van der Waals surface area (Å²) in [6.07, 6.45) is 1.90. The number of allylic oxidation sites excluding steroid dienone is 2. The van der Waals surface area contributed by atoms with Gasteiger partial charge in [-0.1, -0.05) is 23.7 Å². The van der Waals surface area contributed by atoms with Gasteiger partial charge in [0.15, 0.2) is 0 Å². The van der Waals surface area contributed by atoms with Gasteiger partial charge in [0.25, 0.3) is 0 Å². The standard InChI is InChI=1S/C14H16ClNO.C8H8FN3O/c1-9-10(2)16(3)14(17)8-13(9)11-4-6-12(15)7-5-11;9-6-2-7(11)5(3-10)1-8(6)12-4-13/h4-7,13H,8H2,1-3H3;1-4,10H,11H2,(H,12,13). The van der Waals surface area contributed by atoms with Crippen molar-refractivity contribution in [3.05, 3.63) is 69.6 Å². The normalized spacial score (nSPS) is 16.0. The summed E-state index contributed by atoms with van der Waals surface area (Å²) in [5.41, 5.74) is 9.42. The summed E-state index contributed by atoms with van der Waals surface area (Å²) < 4.78 is 13.0. The number of rotatable bonds is 4. The number of benzene rings is 2. The molecule has 2 aromatic rings. The molecule has 0 saturated heterocycles. The highest BCUT2D eigenvalue weighted by atomic mass is 35.5. The Hall–Kier alpha value is -3.19. The minimum absolute atomic E-state index is 0.0164. The molecule has 158 valence electrons. The van der Waals surface area contributed by atoms with E-state index in [-0.39, 0.29) is 23.2 Å². The molecule has 0 bridgehead atoms. The maximum Gasteiger partial charge on any atom is 0.227 e. The summed E-state index contributed by atoms with van der Waals surface area (Å²) >= 11 is 5.88. The third kappa shape index (κ3) is 5.24. The van der Waals surface area contributed by atoms with Crippen LogP contribution in [0.1, 0.15) is 37.3 Å². The van der Waals surface area contributed by atoms with Crippen LogP contribution in [0.2, 0.25) is 5.02 Å². The quantitative estimate of drug-likeness (QED) is 0.376. The van der Waals surface area contributed by atoms with Crippen LogP contribution >= 0.6 is 11.6 Å². The summed E-state index contributed by atoms with van der Waals surface area (Å²) in [5.74, 6) is -0.251. The highest BCUT2D eigenvalue weighted by Crippen LogP contribution is 2.35. The number of nitrogen functional groups attached to an aromatic ring is 1. The molecule has 1 aliphatic rings. The Bertz CT molecular complexity index is 989. The van der Waals surface area contributed by atoms with Crippen LogP contribution in [0.3, 0.4) is 0 Å². The van der Waals surface area contributed by atoms with Gasteiger partial charge in [-0.25, -0.2) is 4.39 Å². The van der Waals surface area contributed by atoms with E-state index in [0.29, 0.717) is 18.4 Å². The lowest BCUT2D eigenvalue weighted by atomic mass is 9.85. The maximum absolute atomic E-state index is 13.0. The molecule has 1 heterocycles. The van der Waals surface area contributed by atoms with Gasteiger partial charge in [-0.3, -0.25) is 9.59 Å². The van der Waals surface area contributed by atoms with E-state index in [2.05, 4.69) is 12.2 Å². The van der Waals surface area contributed by atoms with Crippen molar-refractivity contribution in [3.63, 3.8) is 0 Å². The Labute approximate surface area is 180 Å². The molecule has 0 aromatic heterocycles. The second-order valence-corrected chi connectivity index (χ2v) is 7.33. The fourth-order valence-corrected chi connectivity index (χ4v) is 3.26. The largest absolute Gasteiger partial charge is 0.398 e. The summed E-state index contributed by atoms with van der Waals surface area (Å²) in [4.78, 5) is 23.6. The van der Waals surface area contributed by atoms with Gasteiger partial charge in [-0.15, -0.1) is 0 Å². The van der Waals surface area contributed by atoms with Gasteiger partial charge in [0.05, 0.1) is 5.69 Å². The van der Waals surface area contributed by atoms with Crippen molar-refractivity contribution in [2.45, 2.75) is 26.2 Å². The van der Waals surface area contributed by atoms with Gasteiger partial charge < -0.3 is 21.4 Å². The molecule has 30 heavy (non-hydrogen) atoms. The first-order valence-electron chi connectivity index (χ1n) is 9.18. The number of halogens is 2. The highest BCUT2D eigenvalue weighted by Gasteiger charge is 2.28. The van der Waals surface area contributed by atoms with Gasteiger partial charge in [0.2, 0.25) is 12.3 Å². The summed E-state index contributed by atoms with van der Waals surface area (Å²) in [7, 11) is 1.83. The van der Waals surface area contributed by atoms with Crippen LogP contribution in [0.5, 0.6) is 0 Å². The molecule has 8 heteroatoms. The molecule has 0 spiro atoms. The number of carbonyl (C=O) groups excluding carboxylic acids is 2. The number of nitrogens with two attached hydrogens (primary N) is 1. The van der Waals surface area contributed by atoms with Crippen LogP contribution < -0.4 is 11.1 Å². The summed E-state index contributed by atoms with van der Waals surface area (Å²) in [6, 6.07) is 10.1. The van der Waals surface area contributed by atoms with Crippen molar-refractivity contribution in [1.29, 1.82) is 5.41 Å². The third-order valence-electron chi connectivity index (χ3n) is 5.16. The summed E-state index contributed by atoms with van der Waals surface area (Å²) in [6.45, 7) is 4.09. The number of amides is 2. The lowest BCUT2D eigenvalue weighted by Gasteiger charge is -2.31. The summed E-state index contributed by atoms with van der Waals surface area (Å²) in [5, 5.41) is 9.83. The molecule has 0 aliphatic carbocycles. The Kier molecular flexibility index (Phi) is 7.72. The van der Waals surface area contributed by atoms with Gasteiger partial charge in [-0.2, -0.15) is 0 Å². The van der Waals surface area contributed by atoms with E-state index in [1.54, 1.807) is 4.90 Å². The van der Waals surface area contributed by atoms with E-state index >= 15 is 0 Å². The zero-order valence-corrected chi connectivity index (χ0v) is 17.8. The van der Waals surface area contributed by atoms with Crippen molar-refractivity contribution in [2.24, 2.45) is 0 Å². The molecule has 0 fully saturated rings. The molecule has 2 amide bonds. The lowest BCUT2D eigenvalue weighted by molar-refractivity contribution is -0.129.